The molecule has 4 nitrogen and oxygen atoms in total. The molecule has 0 bridgehead atoms. The molecule has 86 valence electrons. The average Bonchev–Trinajstić information content (AvgIpc) is 2.74. The number of hydrogen-bond acceptors (Lipinski definition) is 3. The van der Waals surface area contributed by atoms with Crippen LogP contribution in [0.15, 0.2) is 0 Å². The van der Waals surface area contributed by atoms with Gasteiger partial charge in [0.05, 0.1) is 11.5 Å². The highest BCUT2D eigenvalue weighted by Gasteiger charge is 2.31. The van der Waals surface area contributed by atoms with E-state index in [1.54, 1.807) is 0 Å². The van der Waals surface area contributed by atoms with Gasteiger partial charge in [-0.3, -0.25) is 4.79 Å². The van der Waals surface area contributed by atoms with Crippen molar-refractivity contribution in [2.75, 3.05) is 11.5 Å². The zero-order chi connectivity index (χ0) is 10.9. The molecule has 2 aliphatic rings. The third-order valence-corrected chi connectivity index (χ3v) is 5.07. The van der Waals surface area contributed by atoms with E-state index in [-0.39, 0.29) is 29.4 Å². The van der Waals surface area contributed by atoms with Gasteiger partial charge < -0.3 is 5.32 Å². The second-order valence-corrected chi connectivity index (χ2v) is 6.82. The number of rotatable bonds is 2. The van der Waals surface area contributed by atoms with Crippen LogP contribution in [0.4, 0.5) is 0 Å². The van der Waals surface area contributed by atoms with Gasteiger partial charge in [-0.25, -0.2) is 8.42 Å². The van der Waals surface area contributed by atoms with Gasteiger partial charge in [0, 0.05) is 12.0 Å². The molecule has 0 aromatic heterocycles. The fourth-order valence-electron chi connectivity index (χ4n) is 2.42. The van der Waals surface area contributed by atoms with Crippen molar-refractivity contribution >= 4 is 15.7 Å². The molecule has 1 amide bonds. The molecule has 0 aromatic carbocycles. The molecule has 0 radical (unpaired) electrons. The Morgan fingerprint density at radius 2 is 1.80 bits per heavy atom. The summed E-state index contributed by atoms with van der Waals surface area (Å²) in [6, 6.07) is -0.136. The van der Waals surface area contributed by atoms with Gasteiger partial charge >= 0.3 is 0 Å². The molecular formula is C10H17NO3S. The number of amides is 1. The van der Waals surface area contributed by atoms with Crippen LogP contribution in [-0.2, 0) is 14.6 Å². The van der Waals surface area contributed by atoms with Crippen molar-refractivity contribution in [2.24, 2.45) is 5.92 Å². The predicted octanol–water partition coefficient (Wildman–Crippen LogP) is 0.480. The molecule has 5 heteroatoms. The number of hydrogen-bond donors (Lipinski definition) is 1. The smallest absolute Gasteiger partial charge is 0.223 e. The van der Waals surface area contributed by atoms with Gasteiger partial charge in [0.15, 0.2) is 9.84 Å². The van der Waals surface area contributed by atoms with E-state index in [2.05, 4.69) is 5.32 Å². The molecule has 1 saturated heterocycles. The Morgan fingerprint density at radius 1 is 1.13 bits per heavy atom. The van der Waals surface area contributed by atoms with Crippen LogP contribution in [0.25, 0.3) is 0 Å². The Labute approximate surface area is 90.3 Å². The molecule has 0 unspecified atom stereocenters. The van der Waals surface area contributed by atoms with Crippen LogP contribution in [0.1, 0.15) is 32.1 Å². The summed E-state index contributed by atoms with van der Waals surface area (Å²) in [5.41, 5.74) is 0. The van der Waals surface area contributed by atoms with Gasteiger partial charge in [-0.2, -0.15) is 0 Å². The van der Waals surface area contributed by atoms with E-state index >= 15 is 0 Å². The van der Waals surface area contributed by atoms with Gasteiger partial charge in [0.2, 0.25) is 5.91 Å². The minimum Gasteiger partial charge on any atom is -0.352 e. The molecule has 15 heavy (non-hydrogen) atoms. The van der Waals surface area contributed by atoms with Gasteiger partial charge in [-0.05, 0) is 19.3 Å². The van der Waals surface area contributed by atoms with Crippen LogP contribution < -0.4 is 5.32 Å². The fourth-order valence-corrected chi connectivity index (χ4v) is 4.09. The first kappa shape index (κ1) is 10.9. The summed E-state index contributed by atoms with van der Waals surface area (Å²) < 4.78 is 22.4. The van der Waals surface area contributed by atoms with E-state index < -0.39 is 9.84 Å². The van der Waals surface area contributed by atoms with E-state index in [4.69, 9.17) is 0 Å². The van der Waals surface area contributed by atoms with E-state index in [0.717, 1.165) is 25.7 Å². The first-order valence-corrected chi connectivity index (χ1v) is 7.40. The third kappa shape index (κ3) is 2.71. The number of nitrogens with one attached hydrogen (secondary N) is 1. The molecule has 1 aliphatic heterocycles. The third-order valence-electron chi connectivity index (χ3n) is 3.30. The fraction of sp³-hybridized carbons (Fsp3) is 0.900. The summed E-state index contributed by atoms with van der Waals surface area (Å²) in [7, 11) is -2.88. The van der Waals surface area contributed by atoms with Gasteiger partial charge in [-0.1, -0.05) is 12.8 Å². The van der Waals surface area contributed by atoms with Crippen LogP contribution in [0, 0.1) is 5.92 Å². The topological polar surface area (TPSA) is 63.2 Å². The second-order valence-electron chi connectivity index (χ2n) is 4.59. The normalized spacial score (nSPS) is 30.5. The van der Waals surface area contributed by atoms with Crippen molar-refractivity contribution in [1.82, 2.24) is 5.32 Å². The standard InChI is InChI=1S/C10H17NO3S/c12-10(8-3-1-2-4-8)11-9-5-6-15(13,14)7-9/h8-9H,1-7H2,(H,11,12)/t9-/m1/s1. The largest absolute Gasteiger partial charge is 0.352 e. The Kier molecular flexibility index (Phi) is 3.00. The Balaban J connectivity index is 1.85. The van der Waals surface area contributed by atoms with Crippen molar-refractivity contribution < 1.29 is 13.2 Å². The SMILES string of the molecule is O=C(N[C@@H]1CCS(=O)(=O)C1)C1CCCC1. The molecule has 2 fully saturated rings. The zero-order valence-electron chi connectivity index (χ0n) is 8.74. The lowest BCUT2D eigenvalue weighted by Crippen LogP contribution is -2.38. The summed E-state index contributed by atoms with van der Waals surface area (Å²) in [5.74, 6) is 0.552. The van der Waals surface area contributed by atoms with Gasteiger partial charge in [-0.15, -0.1) is 0 Å². The maximum Gasteiger partial charge on any atom is 0.223 e. The highest BCUT2D eigenvalue weighted by atomic mass is 32.2. The van der Waals surface area contributed by atoms with E-state index in [9.17, 15) is 13.2 Å². The Hall–Kier alpha value is -0.580. The van der Waals surface area contributed by atoms with E-state index in [1.165, 1.54) is 0 Å². The van der Waals surface area contributed by atoms with Gasteiger partial charge in [0.25, 0.3) is 0 Å². The monoisotopic (exact) mass is 231 g/mol. The summed E-state index contributed by atoms with van der Waals surface area (Å²) in [6.07, 6.45) is 4.76. The van der Waals surface area contributed by atoms with Crippen LogP contribution in [0.3, 0.4) is 0 Å². The van der Waals surface area contributed by atoms with Crippen LogP contribution in [-0.4, -0.2) is 31.9 Å². The summed E-state index contributed by atoms with van der Waals surface area (Å²) in [5, 5.41) is 2.86. The molecule has 1 N–H and O–H groups in total. The number of carbonyl (C=O) groups is 1. The molecule has 1 aliphatic carbocycles. The van der Waals surface area contributed by atoms with Crippen molar-refractivity contribution in [3.05, 3.63) is 0 Å². The molecule has 1 heterocycles. The van der Waals surface area contributed by atoms with Crippen LogP contribution >= 0.6 is 0 Å². The van der Waals surface area contributed by atoms with E-state index in [1.807, 2.05) is 0 Å². The highest BCUT2D eigenvalue weighted by Crippen LogP contribution is 2.25. The average molecular weight is 231 g/mol. The minimum absolute atomic E-state index is 0.0644. The first-order valence-electron chi connectivity index (χ1n) is 5.58. The second kappa shape index (κ2) is 4.12. The first-order chi connectivity index (χ1) is 7.07. The maximum atomic E-state index is 11.7. The Bertz CT molecular complexity index is 344. The summed E-state index contributed by atoms with van der Waals surface area (Å²) >= 11 is 0. The Morgan fingerprint density at radius 3 is 2.33 bits per heavy atom. The van der Waals surface area contributed by atoms with E-state index in [0.29, 0.717) is 6.42 Å². The summed E-state index contributed by atoms with van der Waals surface area (Å²) in [4.78, 5) is 11.7. The van der Waals surface area contributed by atoms with Crippen molar-refractivity contribution in [1.29, 1.82) is 0 Å². The molecule has 1 atom stereocenters. The molecule has 0 spiro atoms. The number of carbonyl (C=O) groups excluding carboxylic acids is 1. The lowest BCUT2D eigenvalue weighted by Gasteiger charge is -2.14. The maximum absolute atomic E-state index is 11.7. The molecule has 0 aromatic rings. The van der Waals surface area contributed by atoms with Crippen molar-refractivity contribution in [3.8, 4) is 0 Å². The zero-order valence-corrected chi connectivity index (χ0v) is 9.55. The predicted molar refractivity (Wildman–Crippen MR) is 57.2 cm³/mol. The lowest BCUT2D eigenvalue weighted by molar-refractivity contribution is -0.125. The van der Waals surface area contributed by atoms with Crippen LogP contribution in [0.5, 0.6) is 0 Å². The highest BCUT2D eigenvalue weighted by molar-refractivity contribution is 7.91. The van der Waals surface area contributed by atoms with Crippen molar-refractivity contribution in [2.45, 2.75) is 38.1 Å². The minimum atomic E-state index is -2.88. The molecule has 2 rings (SSSR count). The lowest BCUT2D eigenvalue weighted by atomic mass is 10.1. The molecule has 1 saturated carbocycles. The van der Waals surface area contributed by atoms with Gasteiger partial charge in [0.1, 0.15) is 0 Å². The van der Waals surface area contributed by atoms with Crippen LogP contribution in [0.2, 0.25) is 0 Å². The van der Waals surface area contributed by atoms with Crippen molar-refractivity contribution in [3.63, 3.8) is 0 Å². The molecular weight excluding hydrogens is 214 g/mol. The summed E-state index contributed by atoms with van der Waals surface area (Å²) in [6.45, 7) is 0. The quantitative estimate of drug-likeness (QED) is 0.752. The number of sulfone groups is 1.